The molecule has 25 heavy (non-hydrogen) atoms. The Morgan fingerprint density at radius 2 is 1.76 bits per heavy atom. The fourth-order valence-corrected chi connectivity index (χ4v) is 2.42. The van der Waals surface area contributed by atoms with E-state index in [0.29, 0.717) is 19.6 Å². The molecular weight excluding hydrogens is 314 g/mol. The minimum Gasteiger partial charge on any atom is -0.492 e. The summed E-state index contributed by atoms with van der Waals surface area (Å²) in [5.41, 5.74) is 1.87. The molecule has 0 spiro atoms. The number of carbonyl (C=O) groups excluding carboxylic acids is 1. The van der Waals surface area contributed by atoms with Gasteiger partial charge in [-0.25, -0.2) is 4.68 Å². The molecule has 0 atom stereocenters. The van der Waals surface area contributed by atoms with Gasteiger partial charge in [0.05, 0.1) is 24.8 Å². The van der Waals surface area contributed by atoms with Crippen molar-refractivity contribution in [3.05, 3.63) is 78.6 Å². The highest BCUT2D eigenvalue weighted by atomic mass is 16.5. The topological polar surface area (TPSA) is 47.4 Å². The second kappa shape index (κ2) is 8.15. The van der Waals surface area contributed by atoms with E-state index in [9.17, 15) is 4.79 Å². The molecule has 0 fully saturated rings. The van der Waals surface area contributed by atoms with Crippen LogP contribution in [0.15, 0.2) is 73.1 Å². The lowest BCUT2D eigenvalue weighted by atomic mass is 10.2. The first kappa shape index (κ1) is 16.8. The summed E-state index contributed by atoms with van der Waals surface area (Å²) in [6, 6.07) is 19.4. The minimum atomic E-state index is 0.0456. The zero-order chi connectivity index (χ0) is 17.5. The predicted octanol–water partition coefficient (Wildman–Crippen LogP) is 2.95. The number of likely N-dealkylation sites (N-methyl/N-ethyl adjacent to an activating group) is 1. The number of nitrogens with zero attached hydrogens (tertiary/aromatic N) is 3. The number of benzene rings is 2. The predicted molar refractivity (Wildman–Crippen MR) is 96.8 cm³/mol. The highest BCUT2D eigenvalue weighted by Gasteiger charge is 2.11. The summed E-state index contributed by atoms with van der Waals surface area (Å²) in [7, 11) is 1.79. The van der Waals surface area contributed by atoms with Gasteiger partial charge in [-0.3, -0.25) is 4.79 Å². The fraction of sp³-hybridized carbons (Fsp3) is 0.200. The lowest BCUT2D eigenvalue weighted by molar-refractivity contribution is -0.129. The fourth-order valence-electron chi connectivity index (χ4n) is 2.42. The van der Waals surface area contributed by atoms with Gasteiger partial charge in [-0.1, -0.05) is 36.4 Å². The van der Waals surface area contributed by atoms with Crippen LogP contribution in [-0.2, 0) is 11.2 Å². The zero-order valence-corrected chi connectivity index (χ0v) is 14.2. The summed E-state index contributed by atoms with van der Waals surface area (Å²) in [4.78, 5) is 14.0. The van der Waals surface area contributed by atoms with Gasteiger partial charge >= 0.3 is 0 Å². The molecule has 5 nitrogen and oxygen atoms in total. The maximum atomic E-state index is 12.3. The van der Waals surface area contributed by atoms with Crippen LogP contribution < -0.4 is 4.74 Å². The van der Waals surface area contributed by atoms with Crippen LogP contribution in [0.1, 0.15) is 5.56 Å². The molecule has 5 heteroatoms. The van der Waals surface area contributed by atoms with E-state index in [1.807, 2.05) is 66.9 Å². The average Bonchev–Trinajstić information content (AvgIpc) is 3.12. The van der Waals surface area contributed by atoms with Crippen molar-refractivity contribution in [1.29, 1.82) is 0 Å². The van der Waals surface area contributed by atoms with Crippen LogP contribution >= 0.6 is 0 Å². The van der Waals surface area contributed by atoms with Gasteiger partial charge in [-0.15, -0.1) is 0 Å². The molecule has 0 unspecified atom stereocenters. The molecule has 1 amide bonds. The third-order valence-electron chi connectivity index (χ3n) is 3.88. The standard InChI is InChI=1S/C20H21N3O2/c1-22(12-13-25-19-10-6-3-7-11-19)20(24)14-17-15-21-23(16-17)18-8-4-2-5-9-18/h2-11,15-16H,12-14H2,1H3. The van der Waals surface area contributed by atoms with Crippen molar-refractivity contribution in [2.24, 2.45) is 0 Å². The summed E-state index contributed by atoms with van der Waals surface area (Å²) in [5.74, 6) is 0.858. The molecule has 0 radical (unpaired) electrons. The maximum Gasteiger partial charge on any atom is 0.226 e. The third kappa shape index (κ3) is 4.70. The average molecular weight is 335 g/mol. The molecule has 1 aromatic heterocycles. The Balaban J connectivity index is 1.49. The van der Waals surface area contributed by atoms with Gasteiger partial charge in [-0.05, 0) is 29.8 Å². The van der Waals surface area contributed by atoms with Gasteiger partial charge in [0.25, 0.3) is 0 Å². The molecule has 0 saturated carbocycles. The summed E-state index contributed by atoms with van der Waals surface area (Å²) < 4.78 is 7.41. The Morgan fingerprint density at radius 3 is 2.48 bits per heavy atom. The summed E-state index contributed by atoms with van der Waals surface area (Å²) in [6.07, 6.45) is 3.95. The maximum absolute atomic E-state index is 12.3. The quantitative estimate of drug-likeness (QED) is 0.667. The second-order valence-corrected chi connectivity index (χ2v) is 5.78. The minimum absolute atomic E-state index is 0.0456. The summed E-state index contributed by atoms with van der Waals surface area (Å²) >= 11 is 0. The Hall–Kier alpha value is -3.08. The van der Waals surface area contributed by atoms with Crippen molar-refractivity contribution in [1.82, 2.24) is 14.7 Å². The number of para-hydroxylation sites is 2. The van der Waals surface area contributed by atoms with Crippen LogP contribution in [0.3, 0.4) is 0 Å². The van der Waals surface area contributed by atoms with Crippen LogP contribution in [0.25, 0.3) is 5.69 Å². The molecule has 2 aromatic carbocycles. The number of hydrogen-bond acceptors (Lipinski definition) is 3. The Bertz CT molecular complexity index is 800. The summed E-state index contributed by atoms with van der Waals surface area (Å²) in [5, 5.41) is 4.32. The number of amides is 1. The highest BCUT2D eigenvalue weighted by molar-refractivity contribution is 5.78. The normalized spacial score (nSPS) is 10.4. The molecule has 0 aliphatic heterocycles. The van der Waals surface area contributed by atoms with Crippen LogP contribution in [-0.4, -0.2) is 40.8 Å². The molecular formula is C20H21N3O2. The lowest BCUT2D eigenvalue weighted by Crippen LogP contribution is -2.32. The van der Waals surface area contributed by atoms with E-state index >= 15 is 0 Å². The molecule has 3 aromatic rings. The smallest absolute Gasteiger partial charge is 0.226 e. The van der Waals surface area contributed by atoms with Gasteiger partial charge in [0, 0.05) is 13.2 Å². The monoisotopic (exact) mass is 335 g/mol. The lowest BCUT2D eigenvalue weighted by Gasteiger charge is -2.17. The largest absolute Gasteiger partial charge is 0.492 e. The van der Waals surface area contributed by atoms with E-state index in [4.69, 9.17) is 4.74 Å². The van der Waals surface area contributed by atoms with E-state index in [1.54, 1.807) is 22.8 Å². The van der Waals surface area contributed by atoms with E-state index in [-0.39, 0.29) is 5.91 Å². The van der Waals surface area contributed by atoms with Crippen LogP contribution in [0.5, 0.6) is 5.75 Å². The first-order valence-corrected chi connectivity index (χ1v) is 8.23. The van der Waals surface area contributed by atoms with E-state index in [2.05, 4.69) is 5.10 Å². The van der Waals surface area contributed by atoms with Crippen molar-refractivity contribution in [2.75, 3.05) is 20.2 Å². The van der Waals surface area contributed by atoms with Crippen molar-refractivity contribution in [3.63, 3.8) is 0 Å². The second-order valence-electron chi connectivity index (χ2n) is 5.78. The molecule has 0 bridgehead atoms. The van der Waals surface area contributed by atoms with Crippen LogP contribution in [0.4, 0.5) is 0 Å². The van der Waals surface area contributed by atoms with E-state index in [1.165, 1.54) is 0 Å². The Labute approximate surface area is 147 Å². The number of aromatic nitrogens is 2. The number of ether oxygens (including phenoxy) is 1. The highest BCUT2D eigenvalue weighted by Crippen LogP contribution is 2.10. The van der Waals surface area contributed by atoms with Gasteiger partial charge in [0.1, 0.15) is 12.4 Å². The molecule has 3 rings (SSSR count). The number of carbonyl (C=O) groups is 1. The van der Waals surface area contributed by atoms with Crippen molar-refractivity contribution < 1.29 is 9.53 Å². The summed E-state index contributed by atoms with van der Waals surface area (Å²) in [6.45, 7) is 1.01. The molecule has 1 heterocycles. The molecule has 0 N–H and O–H groups in total. The molecule has 0 saturated heterocycles. The zero-order valence-electron chi connectivity index (χ0n) is 14.2. The van der Waals surface area contributed by atoms with Crippen LogP contribution in [0.2, 0.25) is 0 Å². The molecule has 0 aliphatic carbocycles. The van der Waals surface area contributed by atoms with Gasteiger partial charge in [-0.2, -0.15) is 5.10 Å². The van der Waals surface area contributed by atoms with Gasteiger partial charge < -0.3 is 9.64 Å². The molecule has 0 aliphatic rings. The van der Waals surface area contributed by atoms with Crippen molar-refractivity contribution >= 4 is 5.91 Å². The van der Waals surface area contributed by atoms with Crippen molar-refractivity contribution in [3.8, 4) is 11.4 Å². The number of hydrogen-bond donors (Lipinski definition) is 0. The van der Waals surface area contributed by atoms with E-state index in [0.717, 1.165) is 17.0 Å². The SMILES string of the molecule is CN(CCOc1ccccc1)C(=O)Cc1cnn(-c2ccccc2)c1. The Morgan fingerprint density at radius 1 is 1.08 bits per heavy atom. The van der Waals surface area contributed by atoms with E-state index < -0.39 is 0 Å². The van der Waals surface area contributed by atoms with Crippen LogP contribution in [0, 0.1) is 0 Å². The first-order valence-electron chi connectivity index (χ1n) is 8.23. The molecule has 128 valence electrons. The number of rotatable bonds is 7. The first-order chi connectivity index (χ1) is 12.2. The Kier molecular flexibility index (Phi) is 5.46. The van der Waals surface area contributed by atoms with Gasteiger partial charge in [0.2, 0.25) is 5.91 Å². The van der Waals surface area contributed by atoms with Crippen molar-refractivity contribution in [2.45, 2.75) is 6.42 Å². The third-order valence-corrected chi connectivity index (χ3v) is 3.88. The van der Waals surface area contributed by atoms with Gasteiger partial charge in [0.15, 0.2) is 0 Å².